The van der Waals surface area contributed by atoms with Crippen LogP contribution in [0, 0.1) is 0 Å². The molecule has 0 radical (unpaired) electrons. The first-order chi connectivity index (χ1) is 10.2. The highest BCUT2D eigenvalue weighted by Gasteiger charge is 2.08. The number of benzene rings is 1. The number of anilines is 2. The van der Waals surface area contributed by atoms with Crippen molar-refractivity contribution in [3.8, 4) is 0 Å². The molecular weight excluding hydrogens is 258 g/mol. The van der Waals surface area contributed by atoms with Gasteiger partial charge in [0, 0.05) is 25.0 Å². The van der Waals surface area contributed by atoms with Crippen molar-refractivity contribution in [1.82, 2.24) is 10.3 Å². The van der Waals surface area contributed by atoms with E-state index < -0.39 is 0 Å². The molecule has 2 rings (SSSR count). The van der Waals surface area contributed by atoms with Crippen molar-refractivity contribution in [2.24, 2.45) is 0 Å². The second kappa shape index (κ2) is 7.79. The third kappa shape index (κ3) is 4.30. The van der Waals surface area contributed by atoms with Gasteiger partial charge in [0.25, 0.3) is 0 Å². The van der Waals surface area contributed by atoms with Gasteiger partial charge in [0.1, 0.15) is 5.82 Å². The number of rotatable bonds is 7. The molecule has 3 heteroatoms. The number of nitrogens with one attached hydrogen (secondary N) is 1. The van der Waals surface area contributed by atoms with E-state index in [4.69, 9.17) is 4.98 Å². The van der Waals surface area contributed by atoms with Crippen molar-refractivity contribution in [3.05, 3.63) is 53.7 Å². The number of hydrogen-bond acceptors (Lipinski definition) is 3. The predicted octanol–water partition coefficient (Wildman–Crippen LogP) is 3.91. The van der Waals surface area contributed by atoms with Crippen LogP contribution in [0.1, 0.15) is 31.5 Å². The summed E-state index contributed by atoms with van der Waals surface area (Å²) < 4.78 is 0. The molecule has 0 spiro atoms. The monoisotopic (exact) mass is 283 g/mol. The number of hydrogen-bond donors (Lipinski definition) is 1. The van der Waals surface area contributed by atoms with Crippen LogP contribution >= 0.6 is 0 Å². The summed E-state index contributed by atoms with van der Waals surface area (Å²) in [4.78, 5) is 6.90. The summed E-state index contributed by atoms with van der Waals surface area (Å²) in [7, 11) is 2.07. The Morgan fingerprint density at radius 3 is 2.52 bits per heavy atom. The Morgan fingerprint density at radius 2 is 1.86 bits per heavy atom. The minimum atomic E-state index is 0.902. The molecule has 112 valence electrons. The van der Waals surface area contributed by atoms with Crippen molar-refractivity contribution in [2.75, 3.05) is 18.5 Å². The maximum atomic E-state index is 4.75. The highest BCUT2D eigenvalue weighted by atomic mass is 15.2. The molecule has 1 heterocycles. The SMILES string of the molecule is CCCNCc1cc(CC)nc(N(C)c2ccccc2)c1. The van der Waals surface area contributed by atoms with E-state index in [1.807, 2.05) is 6.07 Å². The van der Waals surface area contributed by atoms with Crippen LogP contribution in [-0.2, 0) is 13.0 Å². The largest absolute Gasteiger partial charge is 0.329 e. The van der Waals surface area contributed by atoms with Crippen LogP contribution in [-0.4, -0.2) is 18.6 Å². The average Bonchev–Trinajstić information content (AvgIpc) is 2.55. The molecule has 0 saturated carbocycles. The number of aromatic nitrogens is 1. The topological polar surface area (TPSA) is 28.2 Å². The maximum Gasteiger partial charge on any atom is 0.133 e. The lowest BCUT2D eigenvalue weighted by molar-refractivity contribution is 0.674. The minimum absolute atomic E-state index is 0.902. The molecule has 1 aromatic carbocycles. The number of para-hydroxylation sites is 1. The maximum absolute atomic E-state index is 4.75. The third-order valence-corrected chi connectivity index (χ3v) is 3.53. The standard InChI is InChI=1S/C18H25N3/c1-4-11-19-14-15-12-16(5-2)20-18(13-15)21(3)17-9-7-6-8-10-17/h6-10,12-13,19H,4-5,11,14H2,1-3H3. The van der Waals surface area contributed by atoms with Crippen LogP contribution in [0.4, 0.5) is 11.5 Å². The van der Waals surface area contributed by atoms with Crippen LogP contribution < -0.4 is 10.2 Å². The molecule has 0 atom stereocenters. The molecule has 0 fully saturated rings. The van der Waals surface area contributed by atoms with Gasteiger partial charge in [0.2, 0.25) is 0 Å². The minimum Gasteiger partial charge on any atom is -0.329 e. The van der Waals surface area contributed by atoms with Gasteiger partial charge in [0.05, 0.1) is 0 Å². The first-order valence-corrected chi connectivity index (χ1v) is 7.74. The van der Waals surface area contributed by atoms with Crippen LogP contribution in [0.25, 0.3) is 0 Å². The first-order valence-electron chi connectivity index (χ1n) is 7.74. The highest BCUT2D eigenvalue weighted by Crippen LogP contribution is 2.23. The quantitative estimate of drug-likeness (QED) is 0.781. The normalized spacial score (nSPS) is 10.6. The molecule has 1 aromatic heterocycles. The van der Waals surface area contributed by atoms with Gasteiger partial charge in [-0.3, -0.25) is 0 Å². The van der Waals surface area contributed by atoms with Crippen molar-refractivity contribution in [2.45, 2.75) is 33.2 Å². The van der Waals surface area contributed by atoms with Gasteiger partial charge < -0.3 is 10.2 Å². The van der Waals surface area contributed by atoms with E-state index in [9.17, 15) is 0 Å². The molecule has 0 aliphatic rings. The fraction of sp³-hybridized carbons (Fsp3) is 0.389. The zero-order chi connectivity index (χ0) is 15.1. The van der Waals surface area contributed by atoms with E-state index in [1.54, 1.807) is 0 Å². The van der Waals surface area contributed by atoms with Crippen molar-refractivity contribution in [3.63, 3.8) is 0 Å². The van der Waals surface area contributed by atoms with Crippen LogP contribution in [0.15, 0.2) is 42.5 Å². The van der Waals surface area contributed by atoms with E-state index >= 15 is 0 Å². The molecule has 2 aromatic rings. The van der Waals surface area contributed by atoms with E-state index in [0.717, 1.165) is 43.1 Å². The second-order valence-electron chi connectivity index (χ2n) is 5.25. The lowest BCUT2D eigenvalue weighted by Crippen LogP contribution is -2.16. The zero-order valence-electron chi connectivity index (χ0n) is 13.3. The Hall–Kier alpha value is -1.87. The van der Waals surface area contributed by atoms with Crippen molar-refractivity contribution >= 4 is 11.5 Å². The molecule has 0 unspecified atom stereocenters. The molecular formula is C18H25N3. The highest BCUT2D eigenvalue weighted by molar-refractivity contribution is 5.59. The molecule has 3 nitrogen and oxygen atoms in total. The number of pyridine rings is 1. The van der Waals surface area contributed by atoms with Gasteiger partial charge in [-0.05, 0) is 49.2 Å². The Labute approximate surface area is 128 Å². The lowest BCUT2D eigenvalue weighted by atomic mass is 10.1. The Kier molecular flexibility index (Phi) is 5.76. The number of nitrogens with zero attached hydrogens (tertiary/aromatic N) is 2. The summed E-state index contributed by atoms with van der Waals surface area (Å²) in [6, 6.07) is 14.7. The Balaban J connectivity index is 2.23. The first kappa shape index (κ1) is 15.5. The Morgan fingerprint density at radius 1 is 1.10 bits per heavy atom. The third-order valence-electron chi connectivity index (χ3n) is 3.53. The summed E-state index contributed by atoms with van der Waals surface area (Å²) in [6.07, 6.45) is 2.11. The second-order valence-corrected chi connectivity index (χ2v) is 5.25. The van der Waals surface area contributed by atoms with E-state index in [-0.39, 0.29) is 0 Å². The van der Waals surface area contributed by atoms with Gasteiger partial charge >= 0.3 is 0 Å². The van der Waals surface area contributed by atoms with Crippen molar-refractivity contribution < 1.29 is 0 Å². The van der Waals surface area contributed by atoms with Crippen molar-refractivity contribution in [1.29, 1.82) is 0 Å². The summed E-state index contributed by atoms with van der Waals surface area (Å²) in [5.41, 5.74) is 3.60. The molecule has 0 bridgehead atoms. The van der Waals surface area contributed by atoms with E-state index in [1.165, 1.54) is 5.56 Å². The summed E-state index contributed by atoms with van der Waals surface area (Å²) in [5.74, 6) is 1.01. The molecule has 1 N–H and O–H groups in total. The lowest BCUT2D eigenvalue weighted by Gasteiger charge is -2.20. The fourth-order valence-corrected chi connectivity index (χ4v) is 2.28. The van der Waals surface area contributed by atoms with Crippen LogP contribution in [0.5, 0.6) is 0 Å². The fourth-order valence-electron chi connectivity index (χ4n) is 2.28. The summed E-state index contributed by atoms with van der Waals surface area (Å²) in [5, 5.41) is 3.46. The summed E-state index contributed by atoms with van der Waals surface area (Å²) in [6.45, 7) is 6.29. The van der Waals surface area contributed by atoms with Crippen LogP contribution in [0.3, 0.4) is 0 Å². The van der Waals surface area contributed by atoms with Gasteiger partial charge in [-0.15, -0.1) is 0 Å². The molecule has 21 heavy (non-hydrogen) atoms. The molecule has 0 saturated heterocycles. The predicted molar refractivity (Wildman–Crippen MR) is 90.1 cm³/mol. The average molecular weight is 283 g/mol. The molecule has 0 aliphatic heterocycles. The van der Waals surface area contributed by atoms with Gasteiger partial charge in [0.15, 0.2) is 0 Å². The number of aryl methyl sites for hydroxylation is 1. The van der Waals surface area contributed by atoms with Gasteiger partial charge in [-0.25, -0.2) is 4.98 Å². The van der Waals surface area contributed by atoms with Gasteiger partial charge in [-0.1, -0.05) is 32.0 Å². The summed E-state index contributed by atoms with van der Waals surface area (Å²) >= 11 is 0. The van der Waals surface area contributed by atoms with Gasteiger partial charge in [-0.2, -0.15) is 0 Å². The molecule has 0 amide bonds. The van der Waals surface area contributed by atoms with Crippen LogP contribution in [0.2, 0.25) is 0 Å². The molecule has 0 aliphatic carbocycles. The van der Waals surface area contributed by atoms with E-state index in [0.29, 0.717) is 0 Å². The Bertz CT molecular complexity index is 552. The van der Waals surface area contributed by atoms with E-state index in [2.05, 4.69) is 67.5 Å². The zero-order valence-corrected chi connectivity index (χ0v) is 13.3. The smallest absolute Gasteiger partial charge is 0.133 e.